The predicted molar refractivity (Wildman–Crippen MR) is 55.6 cm³/mol. The van der Waals surface area contributed by atoms with Crippen molar-refractivity contribution in [2.45, 2.75) is 37.6 Å². The lowest BCUT2D eigenvalue weighted by Crippen LogP contribution is -2.18. The zero-order valence-electron chi connectivity index (χ0n) is 8.16. The van der Waals surface area contributed by atoms with Gasteiger partial charge < -0.3 is 5.73 Å². The van der Waals surface area contributed by atoms with E-state index in [0.29, 0.717) is 11.5 Å². The Kier molecular flexibility index (Phi) is 2.12. The molecular formula is C12H17N. The summed E-state index contributed by atoms with van der Waals surface area (Å²) in [7, 11) is 0. The van der Waals surface area contributed by atoms with Crippen molar-refractivity contribution < 1.29 is 0 Å². The van der Waals surface area contributed by atoms with Gasteiger partial charge >= 0.3 is 0 Å². The molecule has 2 rings (SSSR count). The Morgan fingerprint density at radius 2 is 2.00 bits per heavy atom. The molecule has 0 spiro atoms. The van der Waals surface area contributed by atoms with Crippen LogP contribution in [-0.4, -0.2) is 6.04 Å². The smallest absolute Gasteiger partial charge is 0.0146 e. The van der Waals surface area contributed by atoms with E-state index in [1.807, 2.05) is 0 Å². The SMILES string of the molecule is CCCC1(c2ccccc2)CC1N. The topological polar surface area (TPSA) is 26.0 Å². The third-order valence-corrected chi connectivity index (χ3v) is 3.18. The third-order valence-electron chi connectivity index (χ3n) is 3.18. The van der Waals surface area contributed by atoms with Crippen LogP contribution in [0.4, 0.5) is 0 Å². The first kappa shape index (κ1) is 8.76. The van der Waals surface area contributed by atoms with Crippen LogP contribution in [0.5, 0.6) is 0 Å². The predicted octanol–water partition coefficient (Wildman–Crippen LogP) is 2.46. The Morgan fingerprint density at radius 1 is 1.38 bits per heavy atom. The van der Waals surface area contributed by atoms with Gasteiger partial charge in [-0.1, -0.05) is 43.7 Å². The van der Waals surface area contributed by atoms with Gasteiger partial charge in [0.25, 0.3) is 0 Å². The van der Waals surface area contributed by atoms with Crippen LogP contribution in [0.1, 0.15) is 31.7 Å². The molecule has 1 aliphatic rings. The van der Waals surface area contributed by atoms with Crippen molar-refractivity contribution in [3.63, 3.8) is 0 Å². The van der Waals surface area contributed by atoms with Gasteiger partial charge in [-0.3, -0.25) is 0 Å². The minimum atomic E-state index is 0.329. The third kappa shape index (κ3) is 1.37. The van der Waals surface area contributed by atoms with Gasteiger partial charge in [-0.25, -0.2) is 0 Å². The Bertz CT molecular complexity index is 280. The maximum Gasteiger partial charge on any atom is 0.0146 e. The molecule has 0 heterocycles. The van der Waals surface area contributed by atoms with Gasteiger partial charge in [-0.2, -0.15) is 0 Å². The molecule has 0 saturated heterocycles. The monoisotopic (exact) mass is 175 g/mol. The van der Waals surface area contributed by atoms with Gasteiger partial charge in [-0.05, 0) is 18.4 Å². The summed E-state index contributed by atoms with van der Waals surface area (Å²) in [5.74, 6) is 0. The van der Waals surface area contributed by atoms with Gasteiger partial charge in [0.05, 0.1) is 0 Å². The van der Waals surface area contributed by atoms with Gasteiger partial charge in [-0.15, -0.1) is 0 Å². The number of benzene rings is 1. The average molecular weight is 175 g/mol. The highest BCUT2D eigenvalue weighted by Crippen LogP contribution is 2.50. The Morgan fingerprint density at radius 3 is 2.46 bits per heavy atom. The summed E-state index contributed by atoms with van der Waals surface area (Å²) in [5, 5.41) is 0. The van der Waals surface area contributed by atoms with Crippen molar-refractivity contribution in [3.05, 3.63) is 35.9 Å². The molecule has 1 aliphatic carbocycles. The molecule has 1 nitrogen and oxygen atoms in total. The van der Waals surface area contributed by atoms with E-state index in [0.717, 1.165) is 0 Å². The molecule has 13 heavy (non-hydrogen) atoms. The molecule has 0 radical (unpaired) electrons. The lowest BCUT2D eigenvalue weighted by Gasteiger charge is -2.15. The molecule has 2 unspecified atom stereocenters. The first-order chi connectivity index (χ1) is 6.29. The second-order valence-corrected chi connectivity index (χ2v) is 4.08. The molecule has 2 N–H and O–H groups in total. The molecule has 1 saturated carbocycles. The van der Waals surface area contributed by atoms with Crippen LogP contribution in [0.25, 0.3) is 0 Å². The summed E-state index contributed by atoms with van der Waals surface area (Å²) in [6, 6.07) is 11.1. The van der Waals surface area contributed by atoms with E-state index in [2.05, 4.69) is 37.3 Å². The normalized spacial score (nSPS) is 31.7. The summed E-state index contributed by atoms with van der Waals surface area (Å²) in [6.07, 6.45) is 3.63. The number of hydrogen-bond acceptors (Lipinski definition) is 1. The molecule has 70 valence electrons. The van der Waals surface area contributed by atoms with Crippen LogP contribution in [0, 0.1) is 0 Å². The van der Waals surface area contributed by atoms with Crippen molar-refractivity contribution in [1.82, 2.24) is 0 Å². The van der Waals surface area contributed by atoms with Crippen LogP contribution >= 0.6 is 0 Å². The van der Waals surface area contributed by atoms with Crippen molar-refractivity contribution >= 4 is 0 Å². The Hall–Kier alpha value is -0.820. The standard InChI is InChI=1S/C12H17N/c1-2-8-12(9-11(12)13)10-6-4-3-5-7-10/h3-7,11H,2,8-9,13H2,1H3. The Labute approximate surface area is 80.0 Å². The van der Waals surface area contributed by atoms with Crippen molar-refractivity contribution in [3.8, 4) is 0 Å². The maximum absolute atomic E-state index is 6.02. The number of hydrogen-bond donors (Lipinski definition) is 1. The van der Waals surface area contributed by atoms with Crippen molar-refractivity contribution in [2.24, 2.45) is 5.73 Å². The Balaban J connectivity index is 2.24. The van der Waals surface area contributed by atoms with Gasteiger partial charge in [0, 0.05) is 11.5 Å². The molecule has 0 amide bonds. The summed E-state index contributed by atoms with van der Waals surface area (Å²) in [5.41, 5.74) is 7.78. The number of rotatable bonds is 3. The van der Waals surface area contributed by atoms with Crippen LogP contribution in [0.3, 0.4) is 0 Å². The fraction of sp³-hybridized carbons (Fsp3) is 0.500. The first-order valence-corrected chi connectivity index (χ1v) is 5.11. The largest absolute Gasteiger partial charge is 0.327 e. The van der Waals surface area contributed by atoms with E-state index in [1.165, 1.54) is 24.8 Å². The van der Waals surface area contributed by atoms with E-state index >= 15 is 0 Å². The first-order valence-electron chi connectivity index (χ1n) is 5.11. The second kappa shape index (κ2) is 3.15. The zero-order chi connectivity index (χ0) is 9.31. The molecule has 1 aromatic rings. The molecular weight excluding hydrogens is 158 g/mol. The average Bonchev–Trinajstić information content (AvgIpc) is 2.80. The molecule has 1 aromatic carbocycles. The van der Waals surface area contributed by atoms with Crippen LogP contribution in [-0.2, 0) is 5.41 Å². The summed E-state index contributed by atoms with van der Waals surface area (Å²) in [4.78, 5) is 0. The van der Waals surface area contributed by atoms with Gasteiger partial charge in [0.1, 0.15) is 0 Å². The molecule has 2 atom stereocenters. The van der Waals surface area contributed by atoms with Crippen molar-refractivity contribution in [2.75, 3.05) is 0 Å². The minimum Gasteiger partial charge on any atom is -0.327 e. The van der Waals surface area contributed by atoms with E-state index in [4.69, 9.17) is 5.73 Å². The van der Waals surface area contributed by atoms with E-state index in [-0.39, 0.29) is 0 Å². The quantitative estimate of drug-likeness (QED) is 0.750. The zero-order valence-corrected chi connectivity index (χ0v) is 8.16. The molecule has 1 fully saturated rings. The molecule has 1 heteroatoms. The molecule has 0 bridgehead atoms. The maximum atomic E-state index is 6.02. The molecule has 0 aliphatic heterocycles. The second-order valence-electron chi connectivity index (χ2n) is 4.08. The summed E-state index contributed by atoms with van der Waals surface area (Å²) < 4.78 is 0. The highest BCUT2D eigenvalue weighted by molar-refractivity contribution is 5.35. The fourth-order valence-electron chi connectivity index (χ4n) is 2.31. The van der Waals surface area contributed by atoms with Crippen molar-refractivity contribution in [1.29, 1.82) is 0 Å². The van der Waals surface area contributed by atoms with E-state index in [9.17, 15) is 0 Å². The lowest BCUT2D eigenvalue weighted by molar-refractivity contribution is 0.584. The summed E-state index contributed by atoms with van der Waals surface area (Å²) >= 11 is 0. The van der Waals surface area contributed by atoms with Crippen LogP contribution in [0.15, 0.2) is 30.3 Å². The minimum absolute atomic E-state index is 0.329. The summed E-state index contributed by atoms with van der Waals surface area (Å²) in [6.45, 7) is 2.23. The highest BCUT2D eigenvalue weighted by atomic mass is 14.8. The van der Waals surface area contributed by atoms with Gasteiger partial charge in [0.15, 0.2) is 0 Å². The van der Waals surface area contributed by atoms with E-state index in [1.54, 1.807) is 0 Å². The molecule has 0 aromatic heterocycles. The highest BCUT2D eigenvalue weighted by Gasteiger charge is 2.51. The fourth-order valence-corrected chi connectivity index (χ4v) is 2.31. The van der Waals surface area contributed by atoms with Crippen LogP contribution in [0.2, 0.25) is 0 Å². The van der Waals surface area contributed by atoms with Gasteiger partial charge in [0.2, 0.25) is 0 Å². The lowest BCUT2D eigenvalue weighted by atomic mass is 9.90. The number of nitrogens with two attached hydrogens (primary N) is 1. The van der Waals surface area contributed by atoms with E-state index < -0.39 is 0 Å². The van der Waals surface area contributed by atoms with Crippen LogP contribution < -0.4 is 5.73 Å².